The molecule has 3 aliphatic carbocycles. The van der Waals surface area contributed by atoms with Crippen molar-refractivity contribution in [3.63, 3.8) is 0 Å². The first kappa shape index (κ1) is 37.3. The van der Waals surface area contributed by atoms with Crippen LogP contribution in [0.4, 0.5) is 11.4 Å². The normalized spacial score (nSPS) is 26.8. The first-order valence-corrected chi connectivity index (χ1v) is 19.8. The number of amides is 2. The lowest BCUT2D eigenvalue weighted by molar-refractivity contribution is -0.135. The average Bonchev–Trinajstić information content (AvgIpc) is 3.53. The third kappa shape index (κ3) is 5.88. The third-order valence-corrected chi connectivity index (χ3v) is 12.9. The molecule has 0 unspecified atom stereocenters. The molecule has 1 saturated carbocycles. The quantitative estimate of drug-likeness (QED) is 0.152. The van der Waals surface area contributed by atoms with E-state index in [2.05, 4.69) is 4.90 Å². The van der Waals surface area contributed by atoms with Crippen LogP contribution in [0.3, 0.4) is 0 Å². The van der Waals surface area contributed by atoms with Gasteiger partial charge in [-0.3, -0.25) is 24.1 Å². The SMILES string of the molecule is COc1cc(C=C[C@H]2C3=CC[C@@H]4C(=O)N(c5ccc(N6CCOCC6)cc5)C(=O)[C@@H]4[C@@H]3C[C@H]3C(=O)C(c4ccccc4)=CC(=O)[C@@]23c2ccccc2)cc(OC)c1O. The van der Waals surface area contributed by atoms with Crippen LogP contribution in [0.1, 0.15) is 29.5 Å². The maximum Gasteiger partial charge on any atom is 0.238 e. The molecule has 0 spiro atoms. The van der Waals surface area contributed by atoms with Gasteiger partial charge in [-0.25, -0.2) is 0 Å². The number of imide groups is 1. The van der Waals surface area contributed by atoms with E-state index in [9.17, 15) is 14.7 Å². The number of anilines is 2. The molecule has 1 N–H and O–H groups in total. The van der Waals surface area contributed by atoms with E-state index in [1.54, 1.807) is 12.1 Å². The Kier molecular flexibility index (Phi) is 9.60. The number of morpholine rings is 1. The molecular formula is C48H44N2O8. The smallest absolute Gasteiger partial charge is 0.238 e. The zero-order valence-corrected chi connectivity index (χ0v) is 32.4. The number of aromatic hydroxyl groups is 1. The second-order valence-electron chi connectivity index (χ2n) is 15.6. The molecular weight excluding hydrogens is 733 g/mol. The van der Waals surface area contributed by atoms with Crippen molar-refractivity contribution >= 4 is 46.4 Å². The fraction of sp³-hybridized carbons (Fsp3) is 0.292. The molecule has 4 aromatic rings. The highest BCUT2D eigenvalue weighted by Crippen LogP contribution is 2.61. The third-order valence-electron chi connectivity index (χ3n) is 12.9. The van der Waals surface area contributed by atoms with Gasteiger partial charge in [0, 0.05) is 36.2 Å². The van der Waals surface area contributed by atoms with Crippen LogP contribution in [0.15, 0.2) is 121 Å². The molecule has 2 amide bonds. The van der Waals surface area contributed by atoms with Crippen LogP contribution in [-0.2, 0) is 29.3 Å². The van der Waals surface area contributed by atoms with E-state index >= 15 is 9.59 Å². The lowest BCUT2D eigenvalue weighted by Gasteiger charge is -2.54. The molecule has 0 bridgehead atoms. The summed E-state index contributed by atoms with van der Waals surface area (Å²) < 4.78 is 16.4. The highest BCUT2D eigenvalue weighted by Gasteiger charge is 2.65. The van der Waals surface area contributed by atoms with Crippen LogP contribution >= 0.6 is 0 Å². The summed E-state index contributed by atoms with van der Waals surface area (Å²) >= 11 is 0. The number of rotatable bonds is 8. The number of hydrogen-bond acceptors (Lipinski definition) is 9. The van der Waals surface area contributed by atoms with Crippen molar-refractivity contribution in [3.8, 4) is 17.2 Å². The van der Waals surface area contributed by atoms with Gasteiger partial charge >= 0.3 is 0 Å². The van der Waals surface area contributed by atoms with Gasteiger partial charge in [-0.05, 0) is 77.9 Å². The molecule has 2 heterocycles. The summed E-state index contributed by atoms with van der Waals surface area (Å²) in [6.07, 6.45) is 7.88. The van der Waals surface area contributed by atoms with Crippen molar-refractivity contribution in [2.24, 2.45) is 29.6 Å². The summed E-state index contributed by atoms with van der Waals surface area (Å²) in [5.74, 6) is -4.00. The van der Waals surface area contributed by atoms with Gasteiger partial charge in [-0.1, -0.05) is 84.5 Å². The van der Waals surface area contributed by atoms with E-state index in [4.69, 9.17) is 14.2 Å². The number of methoxy groups -OCH3 is 2. The fourth-order valence-electron chi connectivity index (χ4n) is 10.2. The molecule has 9 rings (SSSR count). The van der Waals surface area contributed by atoms with Gasteiger partial charge in [-0.2, -0.15) is 0 Å². The predicted octanol–water partition coefficient (Wildman–Crippen LogP) is 6.82. The Hall–Kier alpha value is -6.26. The second-order valence-corrected chi connectivity index (χ2v) is 15.6. The Bertz CT molecular complexity index is 2360. The van der Waals surface area contributed by atoms with Crippen molar-refractivity contribution in [2.45, 2.75) is 18.3 Å². The van der Waals surface area contributed by atoms with E-state index in [1.807, 2.05) is 103 Å². The van der Waals surface area contributed by atoms with Crippen LogP contribution in [0.2, 0.25) is 0 Å². The number of ketones is 2. The topological polar surface area (TPSA) is 123 Å². The number of hydrogen-bond donors (Lipinski definition) is 1. The molecule has 2 saturated heterocycles. The first-order valence-electron chi connectivity index (χ1n) is 19.8. The van der Waals surface area contributed by atoms with Crippen LogP contribution in [0.5, 0.6) is 17.2 Å². The highest BCUT2D eigenvalue weighted by atomic mass is 16.5. The minimum absolute atomic E-state index is 0.141. The first-order chi connectivity index (χ1) is 28.3. The van der Waals surface area contributed by atoms with Gasteiger partial charge in [0.25, 0.3) is 0 Å². The van der Waals surface area contributed by atoms with Crippen molar-refractivity contribution in [2.75, 3.05) is 50.3 Å². The molecule has 6 atom stereocenters. The van der Waals surface area contributed by atoms with Crippen LogP contribution in [0, 0.1) is 29.6 Å². The average molecular weight is 777 g/mol. The molecule has 10 heteroatoms. The number of benzene rings is 4. The number of nitrogens with zero attached hydrogens (tertiary/aromatic N) is 2. The van der Waals surface area contributed by atoms with Gasteiger partial charge in [0.15, 0.2) is 23.1 Å². The van der Waals surface area contributed by atoms with Gasteiger partial charge < -0.3 is 24.2 Å². The highest BCUT2D eigenvalue weighted by molar-refractivity contribution is 6.31. The number of phenolic OH excluding ortho intramolecular Hbond substituents is 1. The zero-order valence-electron chi connectivity index (χ0n) is 32.4. The summed E-state index contributed by atoms with van der Waals surface area (Å²) in [4.78, 5) is 63.1. The largest absolute Gasteiger partial charge is 0.502 e. The van der Waals surface area contributed by atoms with Crippen LogP contribution in [-0.4, -0.2) is 69.0 Å². The summed E-state index contributed by atoms with van der Waals surface area (Å²) in [6, 6.07) is 29.6. The molecule has 58 heavy (non-hydrogen) atoms. The summed E-state index contributed by atoms with van der Waals surface area (Å²) in [7, 11) is 2.91. The summed E-state index contributed by atoms with van der Waals surface area (Å²) in [5.41, 5.74) is 3.35. The van der Waals surface area contributed by atoms with Gasteiger partial charge in [0.05, 0.1) is 50.4 Å². The predicted molar refractivity (Wildman–Crippen MR) is 220 cm³/mol. The van der Waals surface area contributed by atoms with Crippen molar-refractivity contribution in [3.05, 3.63) is 138 Å². The number of carbonyl (C=O) groups excluding carboxylic acids is 4. The zero-order chi connectivity index (χ0) is 40.1. The standard InChI is InChI=1S/C48H44N2O8/c1-56-40-25-29(26-41(57-2)45(40)53)13-20-38-34-18-19-35-43(47(55)50(46(35)54)33-16-14-32(15-17-33)49-21-23-58-24-22-49)37(34)27-39-44(52)36(30-9-5-3-6-10-30)28-42(51)48(38,39)31-11-7-4-8-12-31/h3-18,20,25-26,28,35,37-39,43,53H,19,21-24,27H2,1-2H3/t35-,37+,38-,39-,43-,48-/m0/s1. The maximum absolute atomic E-state index is 15.2. The Morgan fingerprint density at radius 3 is 2.09 bits per heavy atom. The minimum atomic E-state index is -1.35. The maximum atomic E-state index is 15.2. The lowest BCUT2D eigenvalue weighted by atomic mass is 9.45. The van der Waals surface area contributed by atoms with E-state index in [-0.39, 0.29) is 47.1 Å². The summed E-state index contributed by atoms with van der Waals surface area (Å²) in [5, 5.41) is 10.7. The number of fused-ring (bicyclic) bond motifs is 4. The Morgan fingerprint density at radius 2 is 1.43 bits per heavy atom. The summed E-state index contributed by atoms with van der Waals surface area (Å²) in [6.45, 7) is 2.81. The minimum Gasteiger partial charge on any atom is -0.502 e. The molecule has 5 aliphatic rings. The molecule has 0 radical (unpaired) electrons. The van der Waals surface area contributed by atoms with E-state index in [0.717, 1.165) is 24.4 Å². The fourth-order valence-corrected chi connectivity index (χ4v) is 10.2. The van der Waals surface area contributed by atoms with Crippen LogP contribution in [0.25, 0.3) is 11.6 Å². The number of carbonyl (C=O) groups is 4. The Morgan fingerprint density at radius 1 is 0.793 bits per heavy atom. The van der Waals surface area contributed by atoms with E-state index < -0.39 is 35.0 Å². The molecule has 0 aromatic heterocycles. The Labute approximate surface area is 337 Å². The number of Topliss-reactive ketones (excluding diaryl/α,β-unsaturated/α-hetero) is 1. The molecule has 3 fully saturated rings. The van der Waals surface area contributed by atoms with Gasteiger partial charge in [-0.15, -0.1) is 0 Å². The van der Waals surface area contributed by atoms with Crippen molar-refractivity contribution in [1.29, 1.82) is 0 Å². The molecule has 2 aliphatic heterocycles. The monoisotopic (exact) mass is 776 g/mol. The van der Waals surface area contributed by atoms with Crippen molar-refractivity contribution < 1.29 is 38.5 Å². The molecule has 294 valence electrons. The van der Waals surface area contributed by atoms with Gasteiger partial charge in [0.1, 0.15) is 0 Å². The van der Waals surface area contributed by atoms with E-state index in [0.29, 0.717) is 47.6 Å². The molecule has 10 nitrogen and oxygen atoms in total. The van der Waals surface area contributed by atoms with Crippen LogP contribution < -0.4 is 19.3 Å². The Balaban J connectivity index is 1.18. The number of phenols is 1. The number of ether oxygens (including phenoxy) is 3. The van der Waals surface area contributed by atoms with Gasteiger partial charge in [0.2, 0.25) is 17.6 Å². The van der Waals surface area contributed by atoms with Crippen molar-refractivity contribution in [1.82, 2.24) is 0 Å². The number of allylic oxidation sites excluding steroid dienone is 5. The van der Waals surface area contributed by atoms with E-state index in [1.165, 1.54) is 25.2 Å². The molecule has 4 aromatic carbocycles. The second kappa shape index (κ2) is 14.9. The lowest BCUT2D eigenvalue weighted by Crippen LogP contribution is -2.59.